The van der Waals surface area contributed by atoms with Crippen LogP contribution in [-0.2, 0) is 10.0 Å². The summed E-state index contributed by atoms with van der Waals surface area (Å²) in [7, 11) is -4.69. The van der Waals surface area contributed by atoms with Crippen LogP contribution in [0.15, 0.2) is 44.2 Å². The number of hydrogen-bond donors (Lipinski definition) is 1. The van der Waals surface area contributed by atoms with Crippen LogP contribution in [0.4, 0.5) is 17.6 Å². The van der Waals surface area contributed by atoms with Crippen LogP contribution in [0.1, 0.15) is 17.7 Å². The van der Waals surface area contributed by atoms with Crippen LogP contribution in [0.2, 0.25) is 0 Å². The molecule has 0 fully saturated rings. The molecule has 0 aliphatic heterocycles. The topological polar surface area (TPSA) is 86.2 Å². The zero-order valence-corrected chi connectivity index (χ0v) is 16.4. The van der Waals surface area contributed by atoms with Gasteiger partial charge < -0.3 is 4.52 Å². The van der Waals surface area contributed by atoms with Crippen molar-refractivity contribution < 1.29 is 30.5 Å². The monoisotopic (exact) mass is 478 g/mol. The summed E-state index contributed by atoms with van der Waals surface area (Å²) in [6.45, 7) is 1.80. The van der Waals surface area contributed by atoms with E-state index < -0.39 is 38.7 Å². The fraction of sp³-hybridized carbons (Fsp3) is 0.118. The Morgan fingerprint density at radius 3 is 2.21 bits per heavy atom. The lowest BCUT2D eigenvalue weighted by Crippen LogP contribution is -2.16. The molecular formula is C17H11BrF4N2O3S. The molecule has 0 bridgehead atoms. The summed E-state index contributed by atoms with van der Waals surface area (Å²) >= 11 is 3.31. The van der Waals surface area contributed by atoms with E-state index in [9.17, 15) is 26.0 Å². The third-order valence-corrected chi connectivity index (χ3v) is 5.75. The van der Waals surface area contributed by atoms with Crippen molar-refractivity contribution in [3.63, 3.8) is 0 Å². The minimum Gasteiger partial charge on any atom is -0.354 e. The van der Waals surface area contributed by atoms with Crippen molar-refractivity contribution in [2.75, 3.05) is 0 Å². The molecule has 0 unspecified atom stereocenters. The number of halogens is 5. The van der Waals surface area contributed by atoms with Gasteiger partial charge in [0.25, 0.3) is 6.43 Å². The Bertz CT molecular complexity index is 1160. The van der Waals surface area contributed by atoms with E-state index in [1.807, 2.05) is 0 Å². The van der Waals surface area contributed by atoms with Crippen molar-refractivity contribution in [2.45, 2.75) is 18.2 Å². The number of primary sulfonamides is 1. The zero-order chi connectivity index (χ0) is 20.8. The number of rotatable bonds is 4. The molecule has 148 valence electrons. The van der Waals surface area contributed by atoms with Crippen LogP contribution < -0.4 is 5.14 Å². The lowest BCUT2D eigenvalue weighted by molar-refractivity contribution is 0.113. The highest BCUT2D eigenvalue weighted by molar-refractivity contribution is 9.10. The Labute approximate surface area is 165 Å². The van der Waals surface area contributed by atoms with Gasteiger partial charge in [-0.15, -0.1) is 0 Å². The average molecular weight is 479 g/mol. The van der Waals surface area contributed by atoms with E-state index in [1.165, 1.54) is 0 Å². The van der Waals surface area contributed by atoms with Crippen molar-refractivity contribution >= 4 is 26.0 Å². The van der Waals surface area contributed by atoms with Crippen LogP contribution >= 0.6 is 15.9 Å². The maximum absolute atomic E-state index is 14.2. The lowest BCUT2D eigenvalue weighted by atomic mass is 9.98. The third kappa shape index (κ3) is 3.69. The van der Waals surface area contributed by atoms with Crippen molar-refractivity contribution in [1.29, 1.82) is 0 Å². The Morgan fingerprint density at radius 1 is 1.11 bits per heavy atom. The molecule has 3 rings (SSSR count). The number of aromatic nitrogens is 1. The van der Waals surface area contributed by atoms with Crippen LogP contribution in [0.25, 0.3) is 22.4 Å². The van der Waals surface area contributed by atoms with Crippen molar-refractivity contribution in [3.8, 4) is 22.4 Å². The van der Waals surface area contributed by atoms with Gasteiger partial charge in [-0.3, -0.25) is 0 Å². The quantitative estimate of drug-likeness (QED) is 0.537. The highest BCUT2D eigenvalue weighted by Gasteiger charge is 2.29. The minimum absolute atomic E-state index is 0.0850. The maximum Gasteiger partial charge on any atom is 0.298 e. The van der Waals surface area contributed by atoms with Crippen molar-refractivity contribution in [2.24, 2.45) is 5.14 Å². The number of nitrogens with two attached hydrogens (primary N) is 1. The second-order valence-electron chi connectivity index (χ2n) is 5.85. The molecular weight excluding hydrogens is 468 g/mol. The standard InChI is InChI=1S/C17H11BrF4N2O3S/c1-7-2-3-8(4-10(7)18)14-13(15(17(21)22)27-24-14)9-5-11(19)16(12(20)6-9)28(23,25)26/h2-6,17H,1H3,(H2,23,25,26). The van der Waals surface area contributed by atoms with Gasteiger partial charge in [0.2, 0.25) is 15.8 Å². The number of alkyl halides is 2. The molecule has 2 N–H and O–H groups in total. The Hall–Kier alpha value is -2.24. The first-order valence-electron chi connectivity index (χ1n) is 7.57. The molecule has 28 heavy (non-hydrogen) atoms. The number of benzene rings is 2. The van der Waals surface area contributed by atoms with E-state index in [0.717, 1.165) is 5.56 Å². The highest BCUT2D eigenvalue weighted by atomic mass is 79.9. The van der Waals surface area contributed by atoms with Gasteiger partial charge in [0, 0.05) is 10.0 Å². The van der Waals surface area contributed by atoms with Gasteiger partial charge in [0.1, 0.15) is 17.3 Å². The SMILES string of the molecule is Cc1ccc(-c2noc(C(F)F)c2-c2cc(F)c(S(N)(=O)=O)c(F)c2)cc1Br. The van der Waals surface area contributed by atoms with Crippen LogP contribution in [-0.4, -0.2) is 13.6 Å². The van der Waals surface area contributed by atoms with E-state index >= 15 is 0 Å². The Morgan fingerprint density at radius 2 is 1.71 bits per heavy atom. The Balaban J connectivity index is 2.30. The van der Waals surface area contributed by atoms with Gasteiger partial charge >= 0.3 is 0 Å². The Kier molecular flexibility index (Phi) is 5.34. The van der Waals surface area contributed by atoms with Crippen LogP contribution in [0.5, 0.6) is 0 Å². The van der Waals surface area contributed by atoms with E-state index in [0.29, 0.717) is 22.2 Å². The molecule has 1 aromatic heterocycles. The van der Waals surface area contributed by atoms with Crippen molar-refractivity contribution in [3.05, 3.63) is 57.8 Å². The largest absolute Gasteiger partial charge is 0.354 e. The molecule has 0 atom stereocenters. The summed E-state index contributed by atoms with van der Waals surface area (Å²) < 4.78 is 83.3. The normalized spacial score (nSPS) is 12.0. The highest BCUT2D eigenvalue weighted by Crippen LogP contribution is 2.41. The van der Waals surface area contributed by atoms with Gasteiger partial charge in [0.15, 0.2) is 4.90 Å². The lowest BCUT2D eigenvalue weighted by Gasteiger charge is -2.09. The summed E-state index contributed by atoms with van der Waals surface area (Å²) in [5.41, 5.74) is 0.394. The molecule has 11 heteroatoms. The number of sulfonamides is 1. The third-order valence-electron chi connectivity index (χ3n) is 3.93. The zero-order valence-electron chi connectivity index (χ0n) is 14.0. The molecule has 2 aromatic carbocycles. The maximum atomic E-state index is 14.2. The van der Waals surface area contributed by atoms with Gasteiger partial charge in [-0.25, -0.2) is 31.1 Å². The van der Waals surface area contributed by atoms with E-state index in [4.69, 9.17) is 9.66 Å². The number of nitrogens with zero attached hydrogens (tertiary/aromatic N) is 1. The summed E-state index contributed by atoms with van der Waals surface area (Å²) in [6.07, 6.45) is -3.13. The van der Waals surface area contributed by atoms with Crippen LogP contribution in [0.3, 0.4) is 0 Å². The summed E-state index contributed by atoms with van der Waals surface area (Å²) in [4.78, 5) is -1.36. The predicted molar refractivity (Wildman–Crippen MR) is 96.1 cm³/mol. The summed E-state index contributed by atoms with van der Waals surface area (Å²) in [5, 5.41) is 8.41. The van der Waals surface area contributed by atoms with E-state index in [2.05, 4.69) is 21.1 Å². The van der Waals surface area contributed by atoms with Gasteiger partial charge in [-0.05, 0) is 36.2 Å². The number of hydrogen-bond acceptors (Lipinski definition) is 4. The second kappa shape index (κ2) is 7.30. The minimum atomic E-state index is -4.69. The fourth-order valence-electron chi connectivity index (χ4n) is 2.64. The molecule has 0 aliphatic carbocycles. The predicted octanol–water partition coefficient (Wildman–Crippen LogP) is 4.94. The van der Waals surface area contributed by atoms with Gasteiger partial charge in [-0.1, -0.05) is 33.2 Å². The first-order chi connectivity index (χ1) is 13.0. The average Bonchev–Trinajstić information content (AvgIpc) is 3.00. The molecule has 1 heterocycles. The van der Waals surface area contributed by atoms with E-state index in [1.54, 1.807) is 25.1 Å². The second-order valence-corrected chi connectivity index (χ2v) is 8.20. The van der Waals surface area contributed by atoms with E-state index in [-0.39, 0.29) is 16.8 Å². The smallest absolute Gasteiger partial charge is 0.298 e. The molecule has 0 amide bonds. The molecule has 0 aliphatic rings. The van der Waals surface area contributed by atoms with Gasteiger partial charge in [-0.2, -0.15) is 0 Å². The summed E-state index contributed by atoms with van der Waals surface area (Å²) in [5.74, 6) is -3.95. The first-order valence-corrected chi connectivity index (χ1v) is 9.91. The van der Waals surface area contributed by atoms with Crippen LogP contribution in [0, 0.1) is 18.6 Å². The molecule has 3 aromatic rings. The molecule has 0 saturated carbocycles. The molecule has 0 saturated heterocycles. The summed E-state index contributed by atoms with van der Waals surface area (Å²) in [6, 6.07) is 6.02. The number of aryl methyl sites for hydroxylation is 1. The first kappa shape index (κ1) is 20.5. The molecule has 5 nitrogen and oxygen atoms in total. The molecule has 0 spiro atoms. The fourth-order valence-corrected chi connectivity index (χ4v) is 3.68. The van der Waals surface area contributed by atoms with Gasteiger partial charge in [0.05, 0.1) is 5.56 Å². The van der Waals surface area contributed by atoms with Crippen molar-refractivity contribution in [1.82, 2.24) is 5.16 Å². The molecule has 0 radical (unpaired) electrons.